The number of nitrogens with zero attached hydrogens (tertiary/aromatic N) is 3. The van der Waals surface area contributed by atoms with Gasteiger partial charge in [-0.25, -0.2) is 4.39 Å². The molecule has 1 amide bonds. The Balaban J connectivity index is 1.73. The minimum Gasteiger partial charge on any atom is -0.325 e. The van der Waals surface area contributed by atoms with E-state index in [1.165, 1.54) is 17.8 Å². The molecule has 0 aliphatic heterocycles. The molecule has 0 unspecified atom stereocenters. The van der Waals surface area contributed by atoms with E-state index in [1.807, 2.05) is 32.0 Å². The van der Waals surface area contributed by atoms with Gasteiger partial charge in [0.15, 0.2) is 11.0 Å². The smallest absolute Gasteiger partial charge is 0.237 e. The number of hydrogen-bond acceptors (Lipinski definition) is 4. The van der Waals surface area contributed by atoms with Crippen LogP contribution in [0, 0.1) is 19.7 Å². The number of rotatable bonds is 5. The molecule has 5 nitrogen and oxygen atoms in total. The van der Waals surface area contributed by atoms with Crippen LogP contribution in [0.2, 0.25) is 0 Å². The number of carbonyl (C=O) groups excluding carboxylic acids is 1. The van der Waals surface area contributed by atoms with Crippen LogP contribution in [0.4, 0.5) is 10.1 Å². The van der Waals surface area contributed by atoms with E-state index in [0.717, 1.165) is 16.8 Å². The van der Waals surface area contributed by atoms with E-state index < -0.39 is 0 Å². The molecule has 1 atom stereocenters. The van der Waals surface area contributed by atoms with Crippen LogP contribution in [0.15, 0.2) is 47.6 Å². The van der Waals surface area contributed by atoms with E-state index in [-0.39, 0.29) is 17.0 Å². The van der Waals surface area contributed by atoms with Crippen molar-refractivity contribution >= 4 is 23.4 Å². The number of aryl methyl sites for hydroxylation is 2. The van der Waals surface area contributed by atoms with Crippen molar-refractivity contribution in [3.8, 4) is 11.4 Å². The zero-order valence-corrected chi connectivity index (χ0v) is 16.5. The summed E-state index contributed by atoms with van der Waals surface area (Å²) in [6.45, 7) is 5.78. The first-order chi connectivity index (χ1) is 12.9. The van der Waals surface area contributed by atoms with E-state index >= 15 is 0 Å². The van der Waals surface area contributed by atoms with Gasteiger partial charge in [0, 0.05) is 12.7 Å². The lowest BCUT2D eigenvalue weighted by Crippen LogP contribution is -2.23. The lowest BCUT2D eigenvalue weighted by atomic mass is 10.1. The molecule has 0 saturated heterocycles. The average molecular weight is 384 g/mol. The van der Waals surface area contributed by atoms with Crippen molar-refractivity contribution < 1.29 is 9.18 Å². The summed E-state index contributed by atoms with van der Waals surface area (Å²) >= 11 is 1.28. The van der Waals surface area contributed by atoms with E-state index in [9.17, 15) is 9.18 Å². The zero-order valence-electron chi connectivity index (χ0n) is 15.7. The maximum atomic E-state index is 14.0. The Morgan fingerprint density at radius 1 is 1.19 bits per heavy atom. The standard InChI is InChI=1S/C20H21FN4OS/c1-12-9-10-17(13(2)11-12)22-19(26)14(3)27-20-24-23-18(25(20)4)15-7-5-6-8-16(15)21/h5-11,14H,1-4H3,(H,22,26)/t14-/m1/s1. The molecule has 27 heavy (non-hydrogen) atoms. The highest BCUT2D eigenvalue weighted by Gasteiger charge is 2.20. The van der Waals surface area contributed by atoms with Crippen molar-refractivity contribution in [2.45, 2.75) is 31.2 Å². The molecule has 0 saturated carbocycles. The lowest BCUT2D eigenvalue weighted by Gasteiger charge is -2.13. The normalized spacial score (nSPS) is 12.0. The van der Waals surface area contributed by atoms with Crippen LogP contribution in [0.3, 0.4) is 0 Å². The first kappa shape index (κ1) is 19.1. The maximum absolute atomic E-state index is 14.0. The Hall–Kier alpha value is -2.67. The molecule has 0 fully saturated rings. The van der Waals surface area contributed by atoms with Gasteiger partial charge in [-0.15, -0.1) is 10.2 Å². The highest BCUT2D eigenvalue weighted by molar-refractivity contribution is 8.00. The zero-order chi connectivity index (χ0) is 19.6. The van der Waals surface area contributed by atoms with Gasteiger partial charge < -0.3 is 9.88 Å². The summed E-state index contributed by atoms with van der Waals surface area (Å²) in [7, 11) is 1.76. The molecule has 0 radical (unpaired) electrons. The number of aromatic nitrogens is 3. The minimum absolute atomic E-state index is 0.123. The number of anilines is 1. The number of carbonyl (C=O) groups is 1. The second-order valence-corrected chi connectivity index (χ2v) is 7.72. The van der Waals surface area contributed by atoms with Gasteiger partial charge >= 0.3 is 0 Å². The SMILES string of the molecule is Cc1ccc(NC(=O)[C@@H](C)Sc2nnc(-c3ccccc3F)n2C)c(C)c1. The second-order valence-electron chi connectivity index (χ2n) is 6.41. The van der Waals surface area contributed by atoms with Crippen molar-refractivity contribution in [2.24, 2.45) is 7.05 Å². The first-order valence-electron chi connectivity index (χ1n) is 8.56. The highest BCUT2D eigenvalue weighted by atomic mass is 32.2. The number of thioether (sulfide) groups is 1. The third-order valence-electron chi connectivity index (χ3n) is 4.24. The molecule has 1 N–H and O–H groups in total. The molecule has 2 aromatic carbocycles. The van der Waals surface area contributed by atoms with Gasteiger partial charge in [0.1, 0.15) is 5.82 Å². The van der Waals surface area contributed by atoms with Gasteiger partial charge in [0.2, 0.25) is 5.91 Å². The van der Waals surface area contributed by atoms with Gasteiger partial charge in [0.05, 0.1) is 10.8 Å². The van der Waals surface area contributed by atoms with E-state index in [4.69, 9.17) is 0 Å². The third-order valence-corrected chi connectivity index (χ3v) is 5.37. The summed E-state index contributed by atoms with van der Waals surface area (Å²) in [5, 5.41) is 11.3. The van der Waals surface area contributed by atoms with Gasteiger partial charge in [-0.2, -0.15) is 0 Å². The van der Waals surface area contributed by atoms with Crippen LogP contribution in [0.25, 0.3) is 11.4 Å². The van der Waals surface area contributed by atoms with Gasteiger partial charge in [-0.1, -0.05) is 41.6 Å². The Morgan fingerprint density at radius 3 is 2.63 bits per heavy atom. The van der Waals surface area contributed by atoms with Crippen molar-refractivity contribution in [1.29, 1.82) is 0 Å². The van der Waals surface area contributed by atoms with E-state index in [2.05, 4.69) is 15.5 Å². The van der Waals surface area contributed by atoms with Crippen molar-refractivity contribution in [1.82, 2.24) is 14.8 Å². The molecule has 0 aliphatic carbocycles. The minimum atomic E-state index is -0.387. The Labute approximate surface area is 162 Å². The fourth-order valence-electron chi connectivity index (χ4n) is 2.69. The van der Waals surface area contributed by atoms with Crippen molar-refractivity contribution in [3.05, 3.63) is 59.4 Å². The van der Waals surface area contributed by atoms with Gasteiger partial charge in [-0.05, 0) is 44.5 Å². The number of benzene rings is 2. The molecule has 0 spiro atoms. The van der Waals surface area contributed by atoms with Crippen molar-refractivity contribution in [3.63, 3.8) is 0 Å². The van der Waals surface area contributed by atoms with E-state index in [0.29, 0.717) is 16.5 Å². The molecule has 1 aromatic heterocycles. The number of halogens is 1. The van der Waals surface area contributed by atoms with Crippen LogP contribution in [-0.4, -0.2) is 25.9 Å². The van der Waals surface area contributed by atoms with Crippen LogP contribution in [-0.2, 0) is 11.8 Å². The quantitative estimate of drug-likeness (QED) is 0.664. The van der Waals surface area contributed by atoms with Crippen LogP contribution < -0.4 is 5.32 Å². The second kappa shape index (κ2) is 7.92. The summed E-state index contributed by atoms with van der Waals surface area (Å²) < 4.78 is 15.7. The van der Waals surface area contributed by atoms with Crippen LogP contribution in [0.1, 0.15) is 18.1 Å². The molecule has 3 aromatic rings. The lowest BCUT2D eigenvalue weighted by molar-refractivity contribution is -0.115. The molecule has 7 heteroatoms. The van der Waals surface area contributed by atoms with Crippen LogP contribution >= 0.6 is 11.8 Å². The Kier molecular flexibility index (Phi) is 5.60. The maximum Gasteiger partial charge on any atom is 0.237 e. The molecule has 0 bridgehead atoms. The number of amides is 1. The average Bonchev–Trinajstić information content (AvgIpc) is 2.98. The fraction of sp³-hybridized carbons (Fsp3) is 0.250. The molecule has 1 heterocycles. The summed E-state index contributed by atoms with van der Waals surface area (Å²) in [5.41, 5.74) is 3.34. The predicted octanol–water partition coefficient (Wildman–Crippen LogP) is 4.36. The molecule has 3 rings (SSSR count). The monoisotopic (exact) mass is 384 g/mol. The third kappa shape index (κ3) is 4.19. The topological polar surface area (TPSA) is 59.8 Å². The number of nitrogens with one attached hydrogen (secondary N) is 1. The van der Waals surface area contributed by atoms with Gasteiger partial charge in [-0.3, -0.25) is 4.79 Å². The number of hydrogen-bond donors (Lipinski definition) is 1. The fourth-order valence-corrected chi connectivity index (χ4v) is 3.51. The molecule has 140 valence electrons. The largest absolute Gasteiger partial charge is 0.325 e. The molecule has 0 aliphatic rings. The Bertz CT molecular complexity index is 986. The summed E-state index contributed by atoms with van der Waals surface area (Å²) in [6.07, 6.45) is 0. The van der Waals surface area contributed by atoms with Crippen LogP contribution in [0.5, 0.6) is 0 Å². The van der Waals surface area contributed by atoms with Gasteiger partial charge in [0.25, 0.3) is 0 Å². The molecular formula is C20H21FN4OS. The van der Waals surface area contributed by atoms with E-state index in [1.54, 1.807) is 36.7 Å². The predicted molar refractivity (Wildman–Crippen MR) is 106 cm³/mol. The summed E-state index contributed by atoms with van der Waals surface area (Å²) in [4.78, 5) is 12.5. The summed E-state index contributed by atoms with van der Waals surface area (Å²) in [5.74, 6) is -0.0508. The highest BCUT2D eigenvalue weighted by Crippen LogP contribution is 2.27. The van der Waals surface area contributed by atoms with Crippen molar-refractivity contribution in [2.75, 3.05) is 5.32 Å². The molecular weight excluding hydrogens is 363 g/mol. The first-order valence-corrected chi connectivity index (χ1v) is 9.44. The summed E-state index contributed by atoms with van der Waals surface area (Å²) in [6, 6.07) is 12.3. The Morgan fingerprint density at radius 2 is 1.93 bits per heavy atom.